The van der Waals surface area contributed by atoms with Crippen molar-refractivity contribution in [2.45, 2.75) is 71.4 Å². The Kier molecular flexibility index (Phi) is 5.07. The summed E-state index contributed by atoms with van der Waals surface area (Å²) in [6, 6.07) is 1.24. The number of nitrogens with two attached hydrogens (primary N) is 1. The molecular weight excluding hydrogens is 184 g/mol. The van der Waals surface area contributed by atoms with Crippen molar-refractivity contribution in [3.05, 3.63) is 0 Å². The highest BCUT2D eigenvalue weighted by atomic mass is 15.0. The molecule has 2 heteroatoms. The molecule has 0 aromatic heterocycles. The fourth-order valence-electron chi connectivity index (χ4n) is 2.55. The second-order valence-electron chi connectivity index (χ2n) is 6.20. The molecule has 0 spiro atoms. The van der Waals surface area contributed by atoms with Crippen molar-refractivity contribution in [1.82, 2.24) is 5.32 Å². The average Bonchev–Trinajstić information content (AvgIpc) is 2.16. The highest BCUT2D eigenvalue weighted by Gasteiger charge is 2.21. The second-order valence-corrected chi connectivity index (χ2v) is 6.20. The quantitative estimate of drug-likeness (QED) is 0.752. The van der Waals surface area contributed by atoms with E-state index in [0.717, 1.165) is 12.6 Å². The largest absolute Gasteiger partial charge is 0.329 e. The Hall–Kier alpha value is -0.0800. The molecule has 1 unspecified atom stereocenters. The van der Waals surface area contributed by atoms with Gasteiger partial charge in [-0.3, -0.25) is 0 Å². The van der Waals surface area contributed by atoms with E-state index in [0.29, 0.717) is 11.5 Å². The van der Waals surface area contributed by atoms with E-state index in [9.17, 15) is 0 Å². The van der Waals surface area contributed by atoms with Crippen LogP contribution in [0, 0.1) is 5.41 Å². The van der Waals surface area contributed by atoms with Gasteiger partial charge >= 0.3 is 0 Å². The van der Waals surface area contributed by atoms with Crippen molar-refractivity contribution < 1.29 is 0 Å². The Morgan fingerprint density at radius 1 is 1.20 bits per heavy atom. The predicted molar refractivity (Wildman–Crippen MR) is 66.9 cm³/mol. The van der Waals surface area contributed by atoms with Crippen LogP contribution in [-0.4, -0.2) is 18.6 Å². The van der Waals surface area contributed by atoms with E-state index in [1.54, 1.807) is 0 Å². The number of nitrogens with one attached hydrogen (secondary N) is 1. The first kappa shape index (κ1) is 13.0. The SMILES string of the molecule is CC(C)(C)CC(CN)NC1CCCCC1. The summed E-state index contributed by atoms with van der Waals surface area (Å²) in [5.74, 6) is 0. The monoisotopic (exact) mass is 212 g/mol. The lowest BCUT2D eigenvalue weighted by atomic mass is 9.87. The highest BCUT2D eigenvalue weighted by molar-refractivity contribution is 4.81. The zero-order chi connectivity index (χ0) is 11.3. The van der Waals surface area contributed by atoms with Crippen LogP contribution in [0.15, 0.2) is 0 Å². The van der Waals surface area contributed by atoms with Crippen LogP contribution in [0.1, 0.15) is 59.3 Å². The van der Waals surface area contributed by atoms with Gasteiger partial charge in [-0.05, 0) is 24.7 Å². The van der Waals surface area contributed by atoms with Crippen molar-refractivity contribution in [3.63, 3.8) is 0 Å². The topological polar surface area (TPSA) is 38.0 Å². The van der Waals surface area contributed by atoms with Gasteiger partial charge in [-0.2, -0.15) is 0 Å². The minimum Gasteiger partial charge on any atom is -0.329 e. The van der Waals surface area contributed by atoms with E-state index in [-0.39, 0.29) is 0 Å². The molecule has 0 saturated heterocycles. The molecule has 15 heavy (non-hydrogen) atoms. The summed E-state index contributed by atoms with van der Waals surface area (Å²) in [4.78, 5) is 0. The average molecular weight is 212 g/mol. The number of rotatable bonds is 4. The summed E-state index contributed by atoms with van der Waals surface area (Å²) in [5, 5.41) is 3.74. The Morgan fingerprint density at radius 2 is 1.80 bits per heavy atom. The zero-order valence-electron chi connectivity index (χ0n) is 10.7. The van der Waals surface area contributed by atoms with Crippen LogP contribution < -0.4 is 11.1 Å². The van der Waals surface area contributed by atoms with Crippen LogP contribution in [0.25, 0.3) is 0 Å². The Morgan fingerprint density at radius 3 is 2.27 bits per heavy atom. The molecule has 0 aliphatic heterocycles. The van der Waals surface area contributed by atoms with E-state index in [4.69, 9.17) is 5.73 Å². The molecule has 0 aromatic rings. The minimum absolute atomic E-state index is 0.381. The molecule has 2 nitrogen and oxygen atoms in total. The molecule has 1 fully saturated rings. The molecule has 0 heterocycles. The van der Waals surface area contributed by atoms with Gasteiger partial charge in [0, 0.05) is 18.6 Å². The summed E-state index contributed by atoms with van der Waals surface area (Å²) in [6.45, 7) is 7.64. The first-order valence-corrected chi connectivity index (χ1v) is 6.47. The van der Waals surface area contributed by atoms with Gasteiger partial charge in [0.05, 0.1) is 0 Å². The van der Waals surface area contributed by atoms with Gasteiger partial charge in [-0.25, -0.2) is 0 Å². The van der Waals surface area contributed by atoms with E-state index >= 15 is 0 Å². The molecular formula is C13H28N2. The van der Waals surface area contributed by atoms with Crippen LogP contribution in [0.3, 0.4) is 0 Å². The third-order valence-corrected chi connectivity index (χ3v) is 3.22. The lowest BCUT2D eigenvalue weighted by molar-refractivity contribution is 0.268. The molecule has 1 atom stereocenters. The van der Waals surface area contributed by atoms with E-state index in [1.165, 1.54) is 38.5 Å². The van der Waals surface area contributed by atoms with Crippen molar-refractivity contribution in [2.75, 3.05) is 6.54 Å². The third kappa shape index (κ3) is 5.53. The molecule has 90 valence electrons. The Bertz CT molecular complexity index is 166. The van der Waals surface area contributed by atoms with Crippen LogP contribution in [0.5, 0.6) is 0 Å². The van der Waals surface area contributed by atoms with Crippen molar-refractivity contribution in [1.29, 1.82) is 0 Å². The van der Waals surface area contributed by atoms with Gasteiger partial charge in [-0.1, -0.05) is 40.0 Å². The molecule has 1 aliphatic carbocycles. The standard InChI is InChI=1S/C13H28N2/c1-13(2,3)9-12(10-14)15-11-7-5-4-6-8-11/h11-12,15H,4-10,14H2,1-3H3. The fourth-order valence-corrected chi connectivity index (χ4v) is 2.55. The number of hydrogen-bond donors (Lipinski definition) is 2. The van der Waals surface area contributed by atoms with E-state index in [2.05, 4.69) is 26.1 Å². The summed E-state index contributed by atoms with van der Waals surface area (Å²) < 4.78 is 0. The number of hydrogen-bond acceptors (Lipinski definition) is 2. The lowest BCUT2D eigenvalue weighted by Crippen LogP contribution is -2.45. The van der Waals surface area contributed by atoms with E-state index in [1.807, 2.05) is 0 Å². The second kappa shape index (κ2) is 5.86. The molecule has 1 aliphatic rings. The lowest BCUT2D eigenvalue weighted by Gasteiger charge is -2.31. The van der Waals surface area contributed by atoms with Crippen LogP contribution in [-0.2, 0) is 0 Å². The highest BCUT2D eigenvalue weighted by Crippen LogP contribution is 2.23. The maximum Gasteiger partial charge on any atom is 0.0197 e. The maximum atomic E-state index is 5.83. The van der Waals surface area contributed by atoms with Crippen LogP contribution in [0.4, 0.5) is 0 Å². The molecule has 0 amide bonds. The summed E-state index contributed by atoms with van der Waals surface area (Å²) in [5.41, 5.74) is 6.22. The molecule has 1 rings (SSSR count). The summed E-state index contributed by atoms with van der Waals surface area (Å²) >= 11 is 0. The van der Waals surface area contributed by atoms with Crippen molar-refractivity contribution >= 4 is 0 Å². The van der Waals surface area contributed by atoms with Gasteiger partial charge < -0.3 is 11.1 Å². The van der Waals surface area contributed by atoms with Gasteiger partial charge in [0.15, 0.2) is 0 Å². The first-order valence-electron chi connectivity index (χ1n) is 6.47. The van der Waals surface area contributed by atoms with Crippen LogP contribution >= 0.6 is 0 Å². The van der Waals surface area contributed by atoms with Crippen molar-refractivity contribution in [2.24, 2.45) is 11.1 Å². The minimum atomic E-state index is 0.381. The molecule has 0 radical (unpaired) electrons. The summed E-state index contributed by atoms with van der Waals surface area (Å²) in [6.07, 6.45) is 8.08. The van der Waals surface area contributed by atoms with Crippen LogP contribution in [0.2, 0.25) is 0 Å². The molecule has 0 bridgehead atoms. The molecule has 1 saturated carbocycles. The Labute approximate surface area is 95.0 Å². The maximum absolute atomic E-state index is 5.83. The zero-order valence-corrected chi connectivity index (χ0v) is 10.7. The van der Waals surface area contributed by atoms with Crippen molar-refractivity contribution in [3.8, 4) is 0 Å². The summed E-state index contributed by atoms with van der Waals surface area (Å²) in [7, 11) is 0. The molecule has 3 N–H and O–H groups in total. The predicted octanol–water partition coefficient (Wildman–Crippen LogP) is 2.67. The van der Waals surface area contributed by atoms with Gasteiger partial charge in [0.1, 0.15) is 0 Å². The Balaban J connectivity index is 2.31. The van der Waals surface area contributed by atoms with Gasteiger partial charge in [0.25, 0.3) is 0 Å². The fraction of sp³-hybridized carbons (Fsp3) is 1.00. The molecule has 0 aromatic carbocycles. The van der Waals surface area contributed by atoms with Gasteiger partial charge in [-0.15, -0.1) is 0 Å². The van der Waals surface area contributed by atoms with E-state index < -0.39 is 0 Å². The normalized spacial score (nSPS) is 21.6. The smallest absolute Gasteiger partial charge is 0.0197 e. The first-order chi connectivity index (χ1) is 7.01. The van der Waals surface area contributed by atoms with Gasteiger partial charge in [0.2, 0.25) is 0 Å². The third-order valence-electron chi connectivity index (χ3n) is 3.22.